The number of aryl methyl sites for hydroxylation is 1. The number of esters is 1. The van der Waals surface area contributed by atoms with Gasteiger partial charge in [0.2, 0.25) is 11.8 Å². The molecule has 10 nitrogen and oxygen atoms in total. The summed E-state index contributed by atoms with van der Waals surface area (Å²) in [6, 6.07) is 7.44. The molecular weight excluding hydrogens is 498 g/mol. The molecule has 2 amide bonds. The molecule has 2 fully saturated rings. The van der Waals surface area contributed by atoms with Crippen LogP contribution >= 0.6 is 0 Å². The average molecular weight is 536 g/mol. The zero-order valence-corrected chi connectivity index (χ0v) is 22.5. The van der Waals surface area contributed by atoms with Gasteiger partial charge >= 0.3 is 5.97 Å². The van der Waals surface area contributed by atoms with Crippen LogP contribution in [0.3, 0.4) is 0 Å². The van der Waals surface area contributed by atoms with Gasteiger partial charge in [-0.25, -0.2) is 9.79 Å². The number of carbonyl (C=O) groups excluding carboxylic acids is 3. The van der Waals surface area contributed by atoms with Crippen molar-refractivity contribution in [2.45, 2.75) is 39.0 Å². The first-order chi connectivity index (χ1) is 18.9. The van der Waals surface area contributed by atoms with Crippen molar-refractivity contribution in [3.8, 4) is 0 Å². The Balaban J connectivity index is 1.58. The molecule has 4 rings (SSSR count). The Bertz CT molecular complexity index is 1270. The monoisotopic (exact) mass is 535 g/mol. The maximum Gasteiger partial charge on any atom is 0.339 e. The molecule has 0 radical (unpaired) electrons. The van der Waals surface area contributed by atoms with Gasteiger partial charge in [-0.15, -0.1) is 0 Å². The SMILES string of the molecule is C=CCOC(=O)/C(CN)=C(\N=C/C1CCCCN(CC(=O)N2CCCC2)C1=O)Nc1ccc2oc(C)cc2c1. The van der Waals surface area contributed by atoms with Gasteiger partial charge in [-0.3, -0.25) is 9.59 Å². The van der Waals surface area contributed by atoms with Crippen molar-refractivity contribution in [3.05, 3.63) is 54.1 Å². The lowest BCUT2D eigenvalue weighted by Crippen LogP contribution is -2.43. The highest BCUT2D eigenvalue weighted by atomic mass is 16.5. The van der Waals surface area contributed by atoms with Gasteiger partial charge in [-0.1, -0.05) is 19.1 Å². The summed E-state index contributed by atoms with van der Waals surface area (Å²) < 4.78 is 10.9. The number of aliphatic imine (C=N–C) groups is 1. The number of nitrogens with two attached hydrogens (primary N) is 1. The van der Waals surface area contributed by atoms with Gasteiger partial charge in [0, 0.05) is 43.5 Å². The largest absolute Gasteiger partial charge is 0.461 e. The van der Waals surface area contributed by atoms with E-state index in [1.807, 2.05) is 36.1 Å². The van der Waals surface area contributed by atoms with E-state index >= 15 is 0 Å². The average Bonchev–Trinajstić information content (AvgIpc) is 3.56. The lowest BCUT2D eigenvalue weighted by atomic mass is 10.0. The Morgan fingerprint density at radius 3 is 2.72 bits per heavy atom. The Hall–Kier alpha value is -3.92. The highest BCUT2D eigenvalue weighted by Gasteiger charge is 2.29. The molecule has 2 aliphatic heterocycles. The molecule has 3 N–H and O–H groups in total. The van der Waals surface area contributed by atoms with Crippen molar-refractivity contribution in [2.75, 3.05) is 44.6 Å². The Kier molecular flexibility index (Phi) is 9.54. The molecule has 0 spiro atoms. The molecule has 0 bridgehead atoms. The van der Waals surface area contributed by atoms with Crippen LogP contribution in [0.5, 0.6) is 0 Å². The zero-order chi connectivity index (χ0) is 27.8. The van der Waals surface area contributed by atoms with E-state index in [1.165, 1.54) is 6.08 Å². The minimum Gasteiger partial charge on any atom is -0.461 e. The first-order valence-corrected chi connectivity index (χ1v) is 13.5. The fraction of sp³-hybridized carbons (Fsp3) is 0.448. The molecule has 1 aromatic carbocycles. The van der Waals surface area contributed by atoms with Crippen LogP contribution in [0.15, 0.2) is 57.7 Å². The molecule has 10 heteroatoms. The van der Waals surface area contributed by atoms with Gasteiger partial charge in [-0.05, 0) is 56.9 Å². The maximum atomic E-state index is 13.4. The van der Waals surface area contributed by atoms with E-state index in [4.69, 9.17) is 14.9 Å². The maximum absolute atomic E-state index is 13.4. The van der Waals surface area contributed by atoms with E-state index in [9.17, 15) is 14.4 Å². The molecule has 39 heavy (non-hydrogen) atoms. The van der Waals surface area contributed by atoms with Crippen LogP contribution in [0, 0.1) is 12.8 Å². The van der Waals surface area contributed by atoms with Gasteiger partial charge in [0.25, 0.3) is 0 Å². The number of carbonyl (C=O) groups is 3. The van der Waals surface area contributed by atoms with E-state index in [0.29, 0.717) is 18.7 Å². The number of hydrogen-bond acceptors (Lipinski definition) is 8. The highest BCUT2D eigenvalue weighted by Crippen LogP contribution is 2.25. The summed E-state index contributed by atoms with van der Waals surface area (Å²) in [4.78, 5) is 47.0. The van der Waals surface area contributed by atoms with Gasteiger partial charge in [0.15, 0.2) is 0 Å². The van der Waals surface area contributed by atoms with Crippen molar-refractivity contribution in [1.82, 2.24) is 9.80 Å². The topological polar surface area (TPSA) is 130 Å². The lowest BCUT2D eigenvalue weighted by Gasteiger charge is -2.25. The molecule has 3 heterocycles. The van der Waals surface area contributed by atoms with Gasteiger partial charge in [0.1, 0.15) is 23.8 Å². The first-order valence-electron chi connectivity index (χ1n) is 13.5. The molecular formula is C29H37N5O5. The fourth-order valence-electron chi connectivity index (χ4n) is 4.90. The van der Waals surface area contributed by atoms with Crippen LogP contribution in [0.1, 0.15) is 37.9 Å². The first kappa shape index (κ1) is 28.1. The van der Waals surface area contributed by atoms with Crippen LogP contribution in [-0.2, 0) is 19.1 Å². The standard InChI is InChI=1S/C29H37N5O5/c1-3-14-38-29(37)24(17-30)27(32-23-9-10-25-22(16-23)15-20(2)39-25)31-18-21-8-4-5-13-34(28(21)36)19-26(35)33-11-6-7-12-33/h3,9-10,15-16,18,21,32H,1,4-8,11-14,17,19,30H2,2H3/b27-24+,31-18-. The summed E-state index contributed by atoms with van der Waals surface area (Å²) in [5.74, 6) is -0.322. The normalized spacial score (nSPS) is 18.8. The number of rotatable bonds is 10. The molecule has 0 aliphatic carbocycles. The van der Waals surface area contributed by atoms with Crippen LogP contribution < -0.4 is 11.1 Å². The number of furan rings is 1. The minimum atomic E-state index is -0.623. The highest BCUT2D eigenvalue weighted by molar-refractivity contribution is 5.97. The molecule has 0 saturated carbocycles. The second kappa shape index (κ2) is 13.2. The Labute approximate surface area is 228 Å². The molecule has 2 aromatic rings. The van der Waals surface area contributed by atoms with E-state index in [1.54, 1.807) is 11.1 Å². The molecule has 1 unspecified atom stereocenters. The van der Waals surface area contributed by atoms with E-state index < -0.39 is 11.9 Å². The number of ether oxygens (including phenoxy) is 1. The van der Waals surface area contributed by atoms with Crippen molar-refractivity contribution >= 4 is 40.7 Å². The van der Waals surface area contributed by atoms with Crippen LogP contribution in [0.2, 0.25) is 0 Å². The molecule has 208 valence electrons. The zero-order valence-electron chi connectivity index (χ0n) is 22.5. The summed E-state index contributed by atoms with van der Waals surface area (Å²) in [7, 11) is 0. The smallest absolute Gasteiger partial charge is 0.339 e. The summed E-state index contributed by atoms with van der Waals surface area (Å²) in [6.45, 7) is 7.47. The van der Waals surface area contributed by atoms with E-state index in [2.05, 4.69) is 16.9 Å². The van der Waals surface area contributed by atoms with Crippen molar-refractivity contribution in [1.29, 1.82) is 0 Å². The Morgan fingerprint density at radius 2 is 1.97 bits per heavy atom. The summed E-state index contributed by atoms with van der Waals surface area (Å²) in [6.07, 6.45) is 7.27. The fourth-order valence-corrected chi connectivity index (χ4v) is 4.90. The predicted octanol–water partition coefficient (Wildman–Crippen LogP) is 3.37. The van der Waals surface area contributed by atoms with Crippen molar-refractivity contribution in [2.24, 2.45) is 16.6 Å². The number of nitrogens with zero attached hydrogens (tertiary/aromatic N) is 3. The quantitative estimate of drug-likeness (QED) is 0.206. The third kappa shape index (κ3) is 7.14. The van der Waals surface area contributed by atoms with Gasteiger partial charge in [0.05, 0.1) is 18.0 Å². The predicted molar refractivity (Wildman–Crippen MR) is 150 cm³/mol. The number of anilines is 1. The third-order valence-electron chi connectivity index (χ3n) is 6.96. The third-order valence-corrected chi connectivity index (χ3v) is 6.96. The summed E-state index contributed by atoms with van der Waals surface area (Å²) in [5, 5.41) is 4.08. The Morgan fingerprint density at radius 1 is 1.21 bits per heavy atom. The van der Waals surface area contributed by atoms with Crippen LogP contribution in [0.25, 0.3) is 11.0 Å². The number of nitrogens with one attached hydrogen (secondary N) is 1. The van der Waals surface area contributed by atoms with Crippen LogP contribution in [-0.4, -0.2) is 73.1 Å². The minimum absolute atomic E-state index is 0.0130. The number of fused-ring (bicyclic) bond motifs is 1. The van der Waals surface area contributed by atoms with E-state index in [0.717, 1.165) is 55.5 Å². The number of amides is 2. The second-order valence-electron chi connectivity index (χ2n) is 9.88. The van der Waals surface area contributed by atoms with Crippen molar-refractivity contribution < 1.29 is 23.5 Å². The lowest BCUT2D eigenvalue weighted by molar-refractivity contribution is -0.140. The summed E-state index contributed by atoms with van der Waals surface area (Å²) in [5.41, 5.74) is 7.51. The molecule has 1 atom stereocenters. The van der Waals surface area contributed by atoms with Crippen molar-refractivity contribution in [3.63, 3.8) is 0 Å². The van der Waals surface area contributed by atoms with Gasteiger partial charge in [-0.2, -0.15) is 0 Å². The molecule has 1 aromatic heterocycles. The van der Waals surface area contributed by atoms with Gasteiger partial charge < -0.3 is 30.0 Å². The summed E-state index contributed by atoms with van der Waals surface area (Å²) >= 11 is 0. The van der Waals surface area contributed by atoms with E-state index in [-0.39, 0.29) is 42.9 Å². The number of hydrogen-bond donors (Lipinski definition) is 2. The van der Waals surface area contributed by atoms with Crippen LogP contribution in [0.4, 0.5) is 5.69 Å². The second-order valence-corrected chi connectivity index (χ2v) is 9.88. The molecule has 2 aliphatic rings. The number of likely N-dealkylation sites (tertiary alicyclic amines) is 2. The number of benzene rings is 1. The molecule has 2 saturated heterocycles.